The fourth-order valence-corrected chi connectivity index (χ4v) is 5.33. The van der Waals surface area contributed by atoms with Gasteiger partial charge in [-0.05, 0) is 55.7 Å². The number of ether oxygens (including phenoxy) is 1. The number of carbonyl (C=O) groups is 2. The summed E-state index contributed by atoms with van der Waals surface area (Å²) >= 11 is 0. The molecule has 1 aliphatic carbocycles. The van der Waals surface area contributed by atoms with E-state index in [1.807, 2.05) is 56.1 Å². The van der Waals surface area contributed by atoms with Crippen LogP contribution < -0.4 is 15.0 Å². The molecule has 10 nitrogen and oxygen atoms in total. The van der Waals surface area contributed by atoms with Gasteiger partial charge in [0.15, 0.2) is 0 Å². The number of methoxy groups -OCH3 is 1. The predicted octanol–water partition coefficient (Wildman–Crippen LogP) is 5.65. The van der Waals surface area contributed by atoms with Gasteiger partial charge in [-0.2, -0.15) is 0 Å². The monoisotopic (exact) mass is 606 g/mol. The van der Waals surface area contributed by atoms with Crippen LogP contribution >= 0.6 is 0 Å². The van der Waals surface area contributed by atoms with Crippen LogP contribution in [0.25, 0.3) is 10.9 Å². The Morgan fingerprint density at radius 2 is 1.89 bits per heavy atom. The summed E-state index contributed by atoms with van der Waals surface area (Å²) in [6, 6.07) is 12.7. The van der Waals surface area contributed by atoms with E-state index in [0.29, 0.717) is 35.1 Å². The highest BCUT2D eigenvalue weighted by Crippen LogP contribution is 2.44. The minimum absolute atomic E-state index is 0.0549. The normalized spacial score (nSPS) is 13.7. The third-order valence-electron chi connectivity index (χ3n) is 7.63. The molecule has 2 heterocycles. The number of hydrogen-bond donors (Lipinski definition) is 2. The molecule has 44 heavy (non-hydrogen) atoms. The largest absolute Gasteiger partial charge is 0.483 e. The number of carboxylic acid groups (broad SMARTS) is 1. The van der Waals surface area contributed by atoms with E-state index in [0.717, 1.165) is 27.8 Å². The van der Waals surface area contributed by atoms with Crippen molar-refractivity contribution >= 4 is 40.5 Å². The number of aromatic nitrogens is 3. The molecule has 4 aromatic rings. The van der Waals surface area contributed by atoms with Crippen molar-refractivity contribution in [3.63, 3.8) is 0 Å². The Bertz CT molecular complexity index is 1680. The lowest BCUT2D eigenvalue weighted by Gasteiger charge is -2.23. The number of nitrogens with one attached hydrogen (secondary N) is 1. The summed E-state index contributed by atoms with van der Waals surface area (Å²) in [5.41, 5.74) is 4.77. The Morgan fingerprint density at radius 1 is 1.16 bits per heavy atom. The topological polar surface area (TPSA) is 121 Å². The number of benzene rings is 2. The van der Waals surface area contributed by atoms with E-state index in [-0.39, 0.29) is 36.8 Å². The number of hydrogen-bond acceptors (Lipinski definition) is 8. The standard InChI is InChI=1S/C31H34F2N6O2.CH2O2/c1-18(23-8-7-9-26-24(23)12-13-31(26,32)33)35-29-25-16-21(10-11-27(25)36-19(2)37-29)39(5)22-14-20(15-28(40)38(3)4)30(41-6)34-17-22;2-1-3/h7-11,14,16-18H,12-13,15H2,1-6H3,(H,35,36,37);1H,(H,2,3). The number of pyridine rings is 1. The maximum absolute atomic E-state index is 14.4. The first-order valence-corrected chi connectivity index (χ1v) is 14.0. The number of amides is 1. The summed E-state index contributed by atoms with van der Waals surface area (Å²) < 4.78 is 34.2. The number of carbonyl (C=O) groups excluding carboxylic acids is 1. The molecule has 0 fully saturated rings. The van der Waals surface area contributed by atoms with Crippen molar-refractivity contribution in [1.82, 2.24) is 19.9 Å². The van der Waals surface area contributed by atoms with E-state index in [1.54, 1.807) is 26.4 Å². The van der Waals surface area contributed by atoms with Gasteiger partial charge in [0.25, 0.3) is 12.4 Å². The first-order chi connectivity index (χ1) is 20.9. The Kier molecular flexibility index (Phi) is 9.61. The second-order valence-electron chi connectivity index (χ2n) is 10.8. The molecule has 1 amide bonds. The van der Waals surface area contributed by atoms with Gasteiger partial charge < -0.3 is 25.0 Å². The number of aryl methyl sites for hydroxylation is 1. The second-order valence-corrected chi connectivity index (χ2v) is 10.8. The first kappa shape index (κ1) is 32.1. The van der Waals surface area contributed by atoms with E-state index in [1.165, 1.54) is 18.1 Å². The zero-order valence-corrected chi connectivity index (χ0v) is 25.6. The molecule has 1 atom stereocenters. The SMILES string of the molecule is COc1ncc(N(C)c2ccc3nc(C)nc(NC(C)c4cccc5c4CCC5(F)F)c3c2)cc1CC(=O)N(C)C.O=CO. The minimum Gasteiger partial charge on any atom is -0.483 e. The fraction of sp³-hybridized carbons (Fsp3) is 0.344. The number of likely N-dealkylation sites (N-methyl/N-ethyl adjacent to an activating group) is 1. The van der Waals surface area contributed by atoms with Gasteiger partial charge in [0.05, 0.1) is 37.0 Å². The fourth-order valence-electron chi connectivity index (χ4n) is 5.33. The number of anilines is 3. The second kappa shape index (κ2) is 13.2. The molecular formula is C32H36F2N6O4. The molecule has 2 aromatic carbocycles. The Balaban J connectivity index is 0.00000141. The number of nitrogens with zero attached hydrogens (tertiary/aromatic N) is 5. The van der Waals surface area contributed by atoms with Crippen LogP contribution in [-0.2, 0) is 28.4 Å². The highest BCUT2D eigenvalue weighted by molar-refractivity contribution is 5.92. The van der Waals surface area contributed by atoms with E-state index in [9.17, 15) is 13.6 Å². The van der Waals surface area contributed by atoms with Gasteiger partial charge >= 0.3 is 0 Å². The van der Waals surface area contributed by atoms with Gasteiger partial charge in [0, 0.05) is 49.8 Å². The smallest absolute Gasteiger partial charge is 0.290 e. The van der Waals surface area contributed by atoms with Gasteiger partial charge in [-0.3, -0.25) is 9.59 Å². The molecule has 5 rings (SSSR count). The average molecular weight is 607 g/mol. The van der Waals surface area contributed by atoms with Crippen LogP contribution in [0.4, 0.5) is 26.0 Å². The molecule has 2 N–H and O–H groups in total. The third-order valence-corrected chi connectivity index (χ3v) is 7.63. The maximum atomic E-state index is 14.4. The van der Waals surface area contributed by atoms with Crippen LogP contribution in [0.2, 0.25) is 0 Å². The molecule has 12 heteroatoms. The summed E-state index contributed by atoms with van der Waals surface area (Å²) in [6.45, 7) is 3.54. The van der Waals surface area contributed by atoms with Gasteiger partial charge in [-0.15, -0.1) is 0 Å². The molecule has 0 bridgehead atoms. The van der Waals surface area contributed by atoms with Crippen molar-refractivity contribution < 1.29 is 28.2 Å². The van der Waals surface area contributed by atoms with Crippen molar-refractivity contribution in [2.45, 2.75) is 45.1 Å². The van der Waals surface area contributed by atoms with Crippen LogP contribution in [0.15, 0.2) is 48.7 Å². The summed E-state index contributed by atoms with van der Waals surface area (Å²) in [5, 5.41) is 11.2. The van der Waals surface area contributed by atoms with Crippen LogP contribution in [-0.4, -0.2) is 65.6 Å². The number of halogens is 2. The molecule has 0 saturated heterocycles. The van der Waals surface area contributed by atoms with Crippen molar-refractivity contribution in [1.29, 1.82) is 0 Å². The van der Waals surface area contributed by atoms with E-state index < -0.39 is 5.92 Å². The zero-order valence-electron chi connectivity index (χ0n) is 25.6. The minimum atomic E-state index is -2.79. The highest BCUT2D eigenvalue weighted by atomic mass is 19.3. The van der Waals surface area contributed by atoms with Crippen molar-refractivity contribution in [3.05, 3.63) is 76.7 Å². The summed E-state index contributed by atoms with van der Waals surface area (Å²) in [6.07, 6.45) is 2.05. The molecule has 0 aliphatic heterocycles. The number of rotatable bonds is 8. The van der Waals surface area contributed by atoms with Gasteiger partial charge in [-0.1, -0.05) is 18.2 Å². The van der Waals surface area contributed by atoms with Gasteiger partial charge in [-0.25, -0.2) is 23.7 Å². The predicted molar refractivity (Wildman–Crippen MR) is 165 cm³/mol. The van der Waals surface area contributed by atoms with Crippen molar-refractivity contribution in [2.75, 3.05) is 38.5 Å². The lowest BCUT2D eigenvalue weighted by atomic mass is 9.97. The highest BCUT2D eigenvalue weighted by Gasteiger charge is 2.40. The Hall–Kier alpha value is -4.87. The molecule has 1 aliphatic rings. The van der Waals surface area contributed by atoms with Crippen molar-refractivity contribution in [3.8, 4) is 5.88 Å². The molecular weight excluding hydrogens is 570 g/mol. The number of fused-ring (bicyclic) bond motifs is 2. The van der Waals surface area contributed by atoms with Crippen LogP contribution in [0.3, 0.4) is 0 Å². The third kappa shape index (κ3) is 6.69. The lowest BCUT2D eigenvalue weighted by Crippen LogP contribution is -2.24. The van der Waals surface area contributed by atoms with E-state index >= 15 is 0 Å². The number of alkyl halides is 2. The molecule has 0 saturated carbocycles. The summed E-state index contributed by atoms with van der Waals surface area (Å²) in [5.74, 6) is -1.21. The summed E-state index contributed by atoms with van der Waals surface area (Å²) in [4.78, 5) is 38.0. The van der Waals surface area contributed by atoms with Crippen molar-refractivity contribution in [2.24, 2.45) is 0 Å². The lowest BCUT2D eigenvalue weighted by molar-refractivity contribution is -0.128. The average Bonchev–Trinajstić information content (AvgIpc) is 3.31. The molecule has 2 aromatic heterocycles. The molecule has 232 valence electrons. The van der Waals surface area contributed by atoms with Crippen LogP contribution in [0.1, 0.15) is 47.5 Å². The Morgan fingerprint density at radius 3 is 2.57 bits per heavy atom. The quantitative estimate of drug-likeness (QED) is 0.245. The first-order valence-electron chi connectivity index (χ1n) is 14.0. The molecule has 1 unspecified atom stereocenters. The van der Waals surface area contributed by atoms with Gasteiger partial charge in [0.1, 0.15) is 11.6 Å². The Labute approximate surface area is 254 Å². The van der Waals surface area contributed by atoms with Crippen LogP contribution in [0.5, 0.6) is 5.88 Å². The van der Waals surface area contributed by atoms with E-state index in [2.05, 4.69) is 20.3 Å². The van der Waals surface area contributed by atoms with Crippen LogP contribution in [0, 0.1) is 6.92 Å². The summed E-state index contributed by atoms with van der Waals surface area (Å²) in [7, 11) is 6.87. The zero-order chi connectivity index (χ0) is 32.2. The van der Waals surface area contributed by atoms with Gasteiger partial charge in [0.2, 0.25) is 11.8 Å². The molecule has 0 radical (unpaired) electrons. The van der Waals surface area contributed by atoms with E-state index in [4.69, 9.17) is 14.6 Å². The maximum Gasteiger partial charge on any atom is 0.290 e. The molecule has 0 spiro atoms.